The highest BCUT2D eigenvalue weighted by Crippen LogP contribution is 2.35. The molecule has 9 nitrogen and oxygen atoms in total. The van der Waals surface area contributed by atoms with Crippen molar-refractivity contribution in [2.45, 2.75) is 31.1 Å². The predicted octanol–water partition coefficient (Wildman–Crippen LogP) is 3.04. The number of carbonyl (C=O) groups excluding carboxylic acids is 1. The Balaban J connectivity index is 2.21. The Kier molecular flexibility index (Phi) is 11.4. The summed E-state index contributed by atoms with van der Waals surface area (Å²) in [6.07, 6.45) is 3.83. The van der Waals surface area contributed by atoms with E-state index >= 15 is 0 Å². The molecule has 0 aliphatic rings. The van der Waals surface area contributed by atoms with Crippen molar-refractivity contribution >= 4 is 28.5 Å². The Bertz CT molecular complexity index is 1020. The summed E-state index contributed by atoms with van der Waals surface area (Å²) in [6.45, 7) is 0.553. The second kappa shape index (κ2) is 14.2. The van der Waals surface area contributed by atoms with Crippen molar-refractivity contribution in [2.24, 2.45) is 11.5 Å². The maximum atomic E-state index is 12.9. The molecule has 0 aliphatic heterocycles. The summed E-state index contributed by atoms with van der Waals surface area (Å²) in [4.78, 5) is 11.9. The summed E-state index contributed by atoms with van der Waals surface area (Å²) in [5, 5.41) is 4.75. The van der Waals surface area contributed by atoms with Crippen LogP contribution in [-0.4, -0.2) is 51.1 Å². The molecule has 0 saturated carbocycles. The lowest BCUT2D eigenvalue weighted by atomic mass is 10.1. The minimum atomic E-state index is -1.34. The fraction of sp³-hybridized carbons (Fsp3) is 0.400. The van der Waals surface area contributed by atoms with Crippen molar-refractivity contribution in [1.29, 1.82) is 0 Å². The van der Waals surface area contributed by atoms with Crippen LogP contribution in [0.2, 0.25) is 0 Å². The molecule has 0 saturated heterocycles. The van der Waals surface area contributed by atoms with Crippen LogP contribution in [0.25, 0.3) is 6.08 Å². The van der Waals surface area contributed by atoms with Gasteiger partial charge in [-0.2, -0.15) is 0 Å². The van der Waals surface area contributed by atoms with Crippen LogP contribution in [0.1, 0.15) is 30.4 Å². The number of methoxy groups -OCH3 is 4. The zero-order valence-corrected chi connectivity index (χ0v) is 21.5. The van der Waals surface area contributed by atoms with Crippen LogP contribution < -0.4 is 35.7 Å². The highest BCUT2D eigenvalue weighted by Gasteiger charge is 2.17. The number of unbranched alkanes of at least 4 members (excludes halogenated alkanes) is 1. The molecule has 0 spiro atoms. The molecule has 0 aromatic heterocycles. The molecule has 5 N–H and O–H groups in total. The third-order valence-corrected chi connectivity index (χ3v) is 6.39. The van der Waals surface area contributed by atoms with Gasteiger partial charge in [-0.3, -0.25) is 9.00 Å². The molecule has 35 heavy (non-hydrogen) atoms. The van der Waals surface area contributed by atoms with E-state index in [4.69, 9.17) is 30.4 Å². The fourth-order valence-electron chi connectivity index (χ4n) is 3.48. The van der Waals surface area contributed by atoms with Crippen LogP contribution in [0.15, 0.2) is 35.7 Å². The van der Waals surface area contributed by atoms with Crippen LogP contribution in [0.3, 0.4) is 0 Å². The van der Waals surface area contributed by atoms with Gasteiger partial charge in [0.05, 0.1) is 56.2 Å². The van der Waals surface area contributed by atoms with Crippen LogP contribution in [0.4, 0.5) is 5.69 Å². The Labute approximate surface area is 209 Å². The zero-order chi connectivity index (χ0) is 25.8. The van der Waals surface area contributed by atoms with Gasteiger partial charge in [0, 0.05) is 17.5 Å². The molecule has 0 aliphatic carbocycles. The number of hydrogen-bond acceptors (Lipinski definition) is 8. The average Bonchev–Trinajstić information content (AvgIpc) is 2.86. The van der Waals surface area contributed by atoms with E-state index in [1.165, 1.54) is 0 Å². The monoisotopic (exact) mass is 505 g/mol. The molecule has 1 unspecified atom stereocenters. The van der Waals surface area contributed by atoms with Gasteiger partial charge in [-0.25, -0.2) is 0 Å². The molecule has 0 fully saturated rings. The summed E-state index contributed by atoms with van der Waals surface area (Å²) < 4.78 is 34.4. The molecule has 192 valence electrons. The first-order valence-electron chi connectivity index (χ1n) is 11.1. The van der Waals surface area contributed by atoms with E-state index in [0.29, 0.717) is 47.2 Å². The Morgan fingerprint density at radius 1 is 1.00 bits per heavy atom. The molecule has 0 radical (unpaired) electrons. The number of rotatable bonds is 15. The average molecular weight is 506 g/mol. The molecular formula is C25H35N3O6S. The van der Waals surface area contributed by atoms with Gasteiger partial charge in [0.2, 0.25) is 5.91 Å². The van der Waals surface area contributed by atoms with Crippen molar-refractivity contribution < 1.29 is 28.0 Å². The number of nitrogens with one attached hydrogen (secondary N) is 1. The van der Waals surface area contributed by atoms with Crippen LogP contribution >= 0.6 is 0 Å². The first kappa shape index (κ1) is 28.0. The lowest BCUT2D eigenvalue weighted by Gasteiger charge is -2.19. The molecule has 2 rings (SSSR count). The smallest absolute Gasteiger partial charge is 0.239 e. The highest BCUT2D eigenvalue weighted by molar-refractivity contribution is 7.87. The SMILES string of the molecule is COc1cc(OC)c(/C=C/S(=O)Cc2ccc(OC)c(N[C@H](CCCCN)C(N)=O)c2)c(OC)c1. The standard InChI is InChI=1S/C25H35N3O6S/c1-31-18-14-23(33-3)19(24(15-18)34-4)10-12-35(30)16-17-8-9-22(32-2)21(13-17)28-20(25(27)29)7-5-6-11-26/h8-10,12-15,20,28H,5-7,11,16,26H2,1-4H3,(H2,27,29)/b12-10+/t20-,35?/m1/s1. The Hall–Kier alpha value is -3.24. The summed E-state index contributed by atoms with van der Waals surface area (Å²) in [6, 6.07) is 8.32. The number of hydrogen-bond donors (Lipinski definition) is 3. The summed E-state index contributed by atoms with van der Waals surface area (Å²) in [5.41, 5.74) is 13.2. The number of carbonyl (C=O) groups is 1. The number of anilines is 1. The largest absolute Gasteiger partial charge is 0.496 e. The summed E-state index contributed by atoms with van der Waals surface area (Å²) in [7, 11) is 4.85. The first-order chi connectivity index (χ1) is 16.9. The van der Waals surface area contributed by atoms with E-state index in [1.807, 2.05) is 12.1 Å². The second-order valence-electron chi connectivity index (χ2n) is 7.69. The molecule has 2 atom stereocenters. The first-order valence-corrected chi connectivity index (χ1v) is 12.5. The van der Waals surface area contributed by atoms with Gasteiger partial charge < -0.3 is 35.7 Å². The van der Waals surface area contributed by atoms with Gasteiger partial charge in [-0.1, -0.05) is 6.07 Å². The number of nitrogens with two attached hydrogens (primary N) is 2. The van der Waals surface area contributed by atoms with E-state index in [-0.39, 0.29) is 5.75 Å². The minimum absolute atomic E-state index is 0.254. The molecule has 2 aromatic rings. The lowest BCUT2D eigenvalue weighted by molar-refractivity contribution is -0.118. The van der Waals surface area contributed by atoms with Crippen LogP contribution in [0.5, 0.6) is 23.0 Å². The van der Waals surface area contributed by atoms with Gasteiger partial charge in [0.15, 0.2) is 0 Å². The van der Waals surface area contributed by atoms with Crippen molar-refractivity contribution in [3.05, 3.63) is 46.9 Å². The van der Waals surface area contributed by atoms with E-state index < -0.39 is 22.7 Å². The van der Waals surface area contributed by atoms with Gasteiger partial charge >= 0.3 is 0 Å². The second-order valence-corrected chi connectivity index (χ2v) is 9.01. The zero-order valence-electron chi connectivity index (χ0n) is 20.7. The van der Waals surface area contributed by atoms with Gasteiger partial charge in [-0.15, -0.1) is 0 Å². The van der Waals surface area contributed by atoms with Crippen molar-refractivity contribution in [2.75, 3.05) is 40.3 Å². The van der Waals surface area contributed by atoms with Crippen molar-refractivity contribution in [1.82, 2.24) is 0 Å². The third kappa shape index (κ3) is 8.18. The summed E-state index contributed by atoms with van der Waals surface area (Å²) >= 11 is 0. The molecule has 0 heterocycles. The highest BCUT2D eigenvalue weighted by atomic mass is 32.2. The number of primary amides is 1. The molecule has 1 amide bonds. The molecule has 10 heteroatoms. The normalized spacial score (nSPS) is 12.7. The van der Waals surface area contributed by atoms with E-state index in [2.05, 4.69) is 5.32 Å². The molecule has 0 bridgehead atoms. The Morgan fingerprint density at radius 3 is 2.20 bits per heavy atom. The lowest BCUT2D eigenvalue weighted by Crippen LogP contribution is -2.35. The van der Waals surface area contributed by atoms with Crippen LogP contribution in [0, 0.1) is 0 Å². The topological polar surface area (TPSA) is 135 Å². The fourth-order valence-corrected chi connectivity index (χ4v) is 4.37. The third-order valence-electron chi connectivity index (χ3n) is 5.33. The minimum Gasteiger partial charge on any atom is -0.496 e. The van der Waals surface area contributed by atoms with E-state index in [1.54, 1.807) is 58.1 Å². The van der Waals surface area contributed by atoms with E-state index in [0.717, 1.165) is 18.4 Å². The van der Waals surface area contributed by atoms with Crippen LogP contribution in [-0.2, 0) is 21.3 Å². The quantitative estimate of drug-likeness (QED) is 0.314. The maximum Gasteiger partial charge on any atom is 0.239 e. The molecular weight excluding hydrogens is 470 g/mol. The maximum absolute atomic E-state index is 12.9. The van der Waals surface area contributed by atoms with Crippen molar-refractivity contribution in [3.8, 4) is 23.0 Å². The molecule has 2 aromatic carbocycles. The predicted molar refractivity (Wildman–Crippen MR) is 139 cm³/mol. The summed E-state index contributed by atoms with van der Waals surface area (Å²) in [5.74, 6) is 2.03. The van der Waals surface area contributed by atoms with Gasteiger partial charge in [0.25, 0.3) is 0 Å². The number of benzene rings is 2. The number of ether oxygens (including phenoxy) is 4. The number of amides is 1. The Morgan fingerprint density at radius 2 is 1.66 bits per heavy atom. The van der Waals surface area contributed by atoms with Gasteiger partial charge in [-0.05, 0) is 49.6 Å². The van der Waals surface area contributed by atoms with E-state index in [9.17, 15) is 9.00 Å². The van der Waals surface area contributed by atoms with Crippen molar-refractivity contribution in [3.63, 3.8) is 0 Å². The van der Waals surface area contributed by atoms with Gasteiger partial charge in [0.1, 0.15) is 29.0 Å².